The molecule has 8 nitrogen and oxygen atoms in total. The molecule has 0 saturated carbocycles. The highest BCUT2D eigenvalue weighted by molar-refractivity contribution is 5.86. The van der Waals surface area contributed by atoms with E-state index in [1.165, 1.54) is 12.1 Å². The smallest absolute Gasteiger partial charge is 0.277 e. The number of aromatic hydroxyl groups is 1. The molecule has 2 rings (SSSR count). The number of aryl methyl sites for hydroxylation is 1. The topological polar surface area (TPSA) is 114 Å². The number of nitrogens with zero attached hydrogens (tertiary/aromatic N) is 2. The second-order valence-corrected chi connectivity index (χ2v) is 5.28. The van der Waals surface area contributed by atoms with E-state index >= 15 is 0 Å². The minimum absolute atomic E-state index is 0.116. The third-order valence-corrected chi connectivity index (χ3v) is 3.53. The SMILES string of the molecule is Cc1cccc(OCC(=O)N/N=C/c2cc([N+](=O)[O-])ccc2O)c1C. The maximum atomic E-state index is 11.7. The zero-order valence-corrected chi connectivity index (χ0v) is 13.7. The Hall–Kier alpha value is -3.42. The van der Waals surface area contributed by atoms with Gasteiger partial charge in [0, 0.05) is 17.7 Å². The summed E-state index contributed by atoms with van der Waals surface area (Å²) >= 11 is 0. The highest BCUT2D eigenvalue weighted by Crippen LogP contribution is 2.21. The van der Waals surface area contributed by atoms with Gasteiger partial charge in [-0.15, -0.1) is 0 Å². The Kier molecular flexibility index (Phi) is 5.67. The van der Waals surface area contributed by atoms with Crippen LogP contribution in [0.15, 0.2) is 41.5 Å². The van der Waals surface area contributed by atoms with E-state index in [0.29, 0.717) is 5.75 Å². The summed E-state index contributed by atoms with van der Waals surface area (Å²) in [5.74, 6) is -0.0761. The second kappa shape index (κ2) is 7.91. The second-order valence-electron chi connectivity index (χ2n) is 5.28. The van der Waals surface area contributed by atoms with Gasteiger partial charge in [0.15, 0.2) is 6.61 Å². The van der Waals surface area contributed by atoms with Crippen molar-refractivity contribution in [2.24, 2.45) is 5.10 Å². The van der Waals surface area contributed by atoms with Crippen LogP contribution in [-0.4, -0.2) is 28.8 Å². The van der Waals surface area contributed by atoms with Crippen molar-refractivity contribution in [1.82, 2.24) is 5.43 Å². The molecule has 0 aliphatic carbocycles. The molecule has 2 aromatic carbocycles. The van der Waals surface area contributed by atoms with Crippen LogP contribution < -0.4 is 10.2 Å². The van der Waals surface area contributed by atoms with Crippen LogP contribution in [0, 0.1) is 24.0 Å². The van der Waals surface area contributed by atoms with Crippen molar-refractivity contribution in [3.05, 3.63) is 63.2 Å². The quantitative estimate of drug-likeness (QED) is 0.475. The lowest BCUT2D eigenvalue weighted by atomic mass is 10.1. The number of phenolic OH excluding ortho intramolecular Hbond substituents is 1. The number of carbonyl (C=O) groups is 1. The van der Waals surface area contributed by atoms with Crippen molar-refractivity contribution < 1.29 is 19.6 Å². The van der Waals surface area contributed by atoms with E-state index in [9.17, 15) is 20.0 Å². The molecule has 1 amide bonds. The zero-order valence-electron chi connectivity index (χ0n) is 13.7. The number of nitrogens with one attached hydrogen (secondary N) is 1. The number of rotatable bonds is 6. The van der Waals surface area contributed by atoms with E-state index < -0.39 is 10.8 Å². The molecule has 0 bridgehead atoms. The average molecular weight is 343 g/mol. The number of non-ortho nitro benzene ring substituents is 1. The molecule has 130 valence electrons. The monoisotopic (exact) mass is 343 g/mol. The van der Waals surface area contributed by atoms with Crippen molar-refractivity contribution >= 4 is 17.8 Å². The number of hydrazone groups is 1. The third-order valence-electron chi connectivity index (χ3n) is 3.53. The van der Waals surface area contributed by atoms with Gasteiger partial charge in [0.2, 0.25) is 0 Å². The summed E-state index contributed by atoms with van der Waals surface area (Å²) in [5.41, 5.74) is 4.16. The van der Waals surface area contributed by atoms with Gasteiger partial charge in [-0.1, -0.05) is 12.1 Å². The molecule has 0 unspecified atom stereocenters. The maximum Gasteiger partial charge on any atom is 0.277 e. The van der Waals surface area contributed by atoms with E-state index in [-0.39, 0.29) is 23.6 Å². The molecule has 0 spiro atoms. The van der Waals surface area contributed by atoms with Crippen LogP contribution in [-0.2, 0) is 4.79 Å². The van der Waals surface area contributed by atoms with E-state index in [4.69, 9.17) is 4.74 Å². The largest absolute Gasteiger partial charge is 0.507 e. The molecular formula is C17H17N3O5. The first-order valence-corrected chi connectivity index (χ1v) is 7.37. The number of hydrogen-bond acceptors (Lipinski definition) is 6. The van der Waals surface area contributed by atoms with Crippen molar-refractivity contribution in [2.45, 2.75) is 13.8 Å². The standard InChI is InChI=1S/C17H17N3O5/c1-11-4-3-5-16(12(11)2)25-10-17(22)19-18-9-13-8-14(20(23)24)6-7-15(13)21/h3-9,21H,10H2,1-2H3,(H,19,22)/b18-9+. The third kappa shape index (κ3) is 4.77. The first kappa shape index (κ1) is 17.9. The van der Waals surface area contributed by atoms with E-state index in [2.05, 4.69) is 10.5 Å². The first-order valence-electron chi connectivity index (χ1n) is 7.37. The Morgan fingerprint density at radius 1 is 1.36 bits per heavy atom. The first-order chi connectivity index (χ1) is 11.9. The lowest BCUT2D eigenvalue weighted by Gasteiger charge is -2.09. The number of carbonyl (C=O) groups excluding carboxylic acids is 1. The summed E-state index contributed by atoms with van der Waals surface area (Å²) in [4.78, 5) is 21.9. The molecule has 2 N–H and O–H groups in total. The summed E-state index contributed by atoms with van der Waals surface area (Å²) < 4.78 is 5.43. The van der Waals surface area contributed by atoms with Gasteiger partial charge >= 0.3 is 0 Å². The normalized spacial score (nSPS) is 10.6. The van der Waals surface area contributed by atoms with Crippen LogP contribution in [0.25, 0.3) is 0 Å². The van der Waals surface area contributed by atoms with Crippen LogP contribution in [0.3, 0.4) is 0 Å². The van der Waals surface area contributed by atoms with Gasteiger partial charge < -0.3 is 9.84 Å². The molecule has 2 aromatic rings. The predicted octanol–water partition coefficient (Wildman–Crippen LogP) is 2.45. The molecule has 0 aromatic heterocycles. The minimum Gasteiger partial charge on any atom is -0.507 e. The molecule has 0 saturated heterocycles. The van der Waals surface area contributed by atoms with Crippen LogP contribution in [0.4, 0.5) is 5.69 Å². The summed E-state index contributed by atoms with van der Waals surface area (Å²) in [6.45, 7) is 3.60. The van der Waals surface area contributed by atoms with Crippen molar-refractivity contribution in [3.8, 4) is 11.5 Å². The molecule has 0 fully saturated rings. The van der Waals surface area contributed by atoms with E-state index in [1.54, 1.807) is 6.07 Å². The van der Waals surface area contributed by atoms with E-state index in [1.807, 2.05) is 26.0 Å². The van der Waals surface area contributed by atoms with Gasteiger partial charge in [-0.25, -0.2) is 5.43 Å². The summed E-state index contributed by atoms with van der Waals surface area (Å²) in [6, 6.07) is 9.04. The Morgan fingerprint density at radius 3 is 2.84 bits per heavy atom. The Labute approximate surface area is 143 Å². The number of benzene rings is 2. The Bertz CT molecular complexity index is 833. The molecule has 0 heterocycles. The lowest BCUT2D eigenvalue weighted by molar-refractivity contribution is -0.384. The van der Waals surface area contributed by atoms with Crippen molar-refractivity contribution in [1.29, 1.82) is 0 Å². The molecule has 8 heteroatoms. The van der Waals surface area contributed by atoms with Crippen LogP contribution in [0.1, 0.15) is 16.7 Å². The summed E-state index contributed by atoms with van der Waals surface area (Å²) in [5, 5.41) is 24.0. The van der Waals surface area contributed by atoms with Gasteiger partial charge in [-0.3, -0.25) is 14.9 Å². The summed E-state index contributed by atoms with van der Waals surface area (Å²) in [6.07, 6.45) is 1.12. The average Bonchev–Trinajstić information content (AvgIpc) is 2.57. The van der Waals surface area contributed by atoms with Crippen LogP contribution in [0.5, 0.6) is 11.5 Å². The van der Waals surface area contributed by atoms with Crippen molar-refractivity contribution in [2.75, 3.05) is 6.61 Å². The fraction of sp³-hybridized carbons (Fsp3) is 0.176. The number of ether oxygens (including phenoxy) is 1. The van der Waals surface area contributed by atoms with Gasteiger partial charge in [-0.2, -0.15) is 5.10 Å². The number of nitro benzene ring substituents is 1. The fourth-order valence-electron chi connectivity index (χ4n) is 1.99. The number of hydrogen-bond donors (Lipinski definition) is 2. The molecule has 25 heavy (non-hydrogen) atoms. The summed E-state index contributed by atoms with van der Waals surface area (Å²) in [7, 11) is 0. The number of phenols is 1. The predicted molar refractivity (Wildman–Crippen MR) is 91.9 cm³/mol. The lowest BCUT2D eigenvalue weighted by Crippen LogP contribution is -2.24. The van der Waals surface area contributed by atoms with E-state index in [0.717, 1.165) is 23.4 Å². The number of amides is 1. The Balaban J connectivity index is 1.93. The molecule has 0 atom stereocenters. The van der Waals surface area contributed by atoms with Gasteiger partial charge in [-0.05, 0) is 37.1 Å². The fourth-order valence-corrected chi connectivity index (χ4v) is 1.99. The van der Waals surface area contributed by atoms with Gasteiger partial charge in [0.25, 0.3) is 11.6 Å². The number of nitro groups is 1. The highest BCUT2D eigenvalue weighted by atomic mass is 16.6. The molecule has 0 aliphatic heterocycles. The molecule has 0 radical (unpaired) electrons. The van der Waals surface area contributed by atoms with Crippen LogP contribution in [0.2, 0.25) is 0 Å². The molecular weight excluding hydrogens is 326 g/mol. The van der Waals surface area contributed by atoms with Crippen LogP contribution >= 0.6 is 0 Å². The highest BCUT2D eigenvalue weighted by Gasteiger charge is 2.09. The maximum absolute atomic E-state index is 11.7. The zero-order chi connectivity index (χ0) is 18.4. The molecule has 0 aliphatic rings. The minimum atomic E-state index is -0.590. The Morgan fingerprint density at radius 2 is 2.12 bits per heavy atom. The van der Waals surface area contributed by atoms with Gasteiger partial charge in [0.05, 0.1) is 11.1 Å². The van der Waals surface area contributed by atoms with Crippen molar-refractivity contribution in [3.63, 3.8) is 0 Å². The van der Waals surface area contributed by atoms with Gasteiger partial charge in [0.1, 0.15) is 11.5 Å².